The molecule has 0 N–H and O–H groups in total. The van der Waals surface area contributed by atoms with Crippen LogP contribution in [-0.4, -0.2) is 5.78 Å². The smallest absolute Gasteiger partial charge is 0.295 e. The highest BCUT2D eigenvalue weighted by atomic mass is 19.4. The molecule has 0 aliphatic rings. The van der Waals surface area contributed by atoms with Gasteiger partial charge in [-0.25, -0.2) is 0 Å². The van der Waals surface area contributed by atoms with E-state index in [1.807, 2.05) is 0 Å². The average Bonchev–Trinajstić information content (AvgIpc) is 2.15. The number of carbonyl (C=O) groups is 1. The Morgan fingerprint density at radius 2 is 1.87 bits per heavy atom. The molecular weight excluding hydrogens is 205 g/mol. The first-order valence-electron chi connectivity index (χ1n) is 4.56. The highest BCUT2D eigenvalue weighted by Gasteiger charge is 2.31. The van der Waals surface area contributed by atoms with Crippen LogP contribution in [0.2, 0.25) is 0 Å². The number of hydrogen-bond acceptors (Lipinski definition) is 1. The lowest BCUT2D eigenvalue weighted by molar-refractivity contribution is -0.137. The highest BCUT2D eigenvalue weighted by molar-refractivity contribution is 5.94. The standard InChI is InChI=1S/C11H11F3O/c1-3-8-4-9(7(2)15)6-10(5-8)11(12,13)14/h4-6H,3H2,1-2H3. The van der Waals surface area contributed by atoms with E-state index in [1.165, 1.54) is 13.0 Å². The number of halogens is 3. The summed E-state index contributed by atoms with van der Waals surface area (Å²) in [7, 11) is 0. The van der Waals surface area contributed by atoms with Gasteiger partial charge in [0.2, 0.25) is 0 Å². The summed E-state index contributed by atoms with van der Waals surface area (Å²) in [4.78, 5) is 11.0. The predicted molar refractivity (Wildman–Crippen MR) is 50.8 cm³/mol. The van der Waals surface area contributed by atoms with E-state index in [9.17, 15) is 18.0 Å². The summed E-state index contributed by atoms with van der Waals surface area (Å²) >= 11 is 0. The van der Waals surface area contributed by atoms with Crippen molar-refractivity contribution in [1.82, 2.24) is 0 Å². The maximum Gasteiger partial charge on any atom is 0.416 e. The molecular formula is C11H11F3O. The van der Waals surface area contributed by atoms with Crippen LogP contribution in [0.1, 0.15) is 35.3 Å². The molecule has 0 aliphatic heterocycles. The highest BCUT2D eigenvalue weighted by Crippen LogP contribution is 2.30. The van der Waals surface area contributed by atoms with Gasteiger partial charge in [0.15, 0.2) is 5.78 Å². The van der Waals surface area contributed by atoms with Crippen molar-refractivity contribution in [2.75, 3.05) is 0 Å². The molecule has 0 aliphatic carbocycles. The van der Waals surface area contributed by atoms with Crippen LogP contribution in [0.4, 0.5) is 13.2 Å². The monoisotopic (exact) mass is 216 g/mol. The first-order valence-corrected chi connectivity index (χ1v) is 4.56. The molecule has 0 amide bonds. The lowest BCUT2D eigenvalue weighted by Gasteiger charge is -2.10. The fourth-order valence-electron chi connectivity index (χ4n) is 1.26. The van der Waals surface area contributed by atoms with Crippen molar-refractivity contribution in [2.24, 2.45) is 0 Å². The van der Waals surface area contributed by atoms with Gasteiger partial charge in [-0.15, -0.1) is 0 Å². The lowest BCUT2D eigenvalue weighted by atomic mass is 10.0. The zero-order chi connectivity index (χ0) is 11.6. The normalized spacial score (nSPS) is 11.5. The van der Waals surface area contributed by atoms with Gasteiger partial charge in [-0.05, 0) is 37.1 Å². The molecule has 1 aromatic rings. The number of benzene rings is 1. The lowest BCUT2D eigenvalue weighted by Crippen LogP contribution is -2.08. The van der Waals surface area contributed by atoms with Crippen LogP contribution in [-0.2, 0) is 12.6 Å². The van der Waals surface area contributed by atoms with Crippen molar-refractivity contribution in [3.63, 3.8) is 0 Å². The first kappa shape index (κ1) is 11.8. The Bertz CT molecular complexity index is 380. The summed E-state index contributed by atoms with van der Waals surface area (Å²) in [6.45, 7) is 3.01. The van der Waals surface area contributed by atoms with Crippen molar-refractivity contribution >= 4 is 5.78 Å². The second-order valence-electron chi connectivity index (χ2n) is 3.33. The van der Waals surface area contributed by atoms with Gasteiger partial charge in [-0.3, -0.25) is 4.79 Å². The van der Waals surface area contributed by atoms with E-state index < -0.39 is 11.7 Å². The molecule has 0 unspecified atom stereocenters. The second kappa shape index (κ2) is 4.04. The van der Waals surface area contributed by atoms with Gasteiger partial charge in [-0.1, -0.05) is 6.92 Å². The van der Waals surface area contributed by atoms with Crippen molar-refractivity contribution in [1.29, 1.82) is 0 Å². The Morgan fingerprint density at radius 1 is 1.27 bits per heavy atom. The van der Waals surface area contributed by atoms with Crippen molar-refractivity contribution in [3.05, 3.63) is 34.9 Å². The minimum Gasteiger partial charge on any atom is -0.295 e. The molecule has 15 heavy (non-hydrogen) atoms. The number of rotatable bonds is 2. The first-order chi connectivity index (χ1) is 6.84. The number of Topliss-reactive ketones (excluding diaryl/α,β-unsaturated/α-hetero) is 1. The molecule has 1 aromatic carbocycles. The van der Waals surface area contributed by atoms with E-state index in [2.05, 4.69) is 0 Å². The fourth-order valence-corrected chi connectivity index (χ4v) is 1.26. The van der Waals surface area contributed by atoms with E-state index in [4.69, 9.17) is 0 Å². The Balaban J connectivity index is 3.30. The Hall–Kier alpha value is -1.32. The molecule has 0 saturated heterocycles. The van der Waals surface area contributed by atoms with E-state index in [-0.39, 0.29) is 11.3 Å². The van der Waals surface area contributed by atoms with Crippen LogP contribution in [0.3, 0.4) is 0 Å². The third-order valence-corrected chi connectivity index (χ3v) is 2.13. The fraction of sp³-hybridized carbons (Fsp3) is 0.364. The minimum atomic E-state index is -4.39. The average molecular weight is 216 g/mol. The Labute approximate surface area is 85.9 Å². The maximum atomic E-state index is 12.4. The van der Waals surface area contributed by atoms with Gasteiger partial charge in [0.25, 0.3) is 0 Å². The van der Waals surface area contributed by atoms with Gasteiger partial charge in [-0.2, -0.15) is 13.2 Å². The van der Waals surface area contributed by atoms with E-state index in [1.54, 1.807) is 6.92 Å². The van der Waals surface area contributed by atoms with Gasteiger partial charge in [0, 0.05) is 5.56 Å². The molecule has 0 atom stereocenters. The summed E-state index contributed by atoms with van der Waals surface area (Å²) < 4.78 is 37.3. The van der Waals surface area contributed by atoms with Crippen molar-refractivity contribution in [3.8, 4) is 0 Å². The van der Waals surface area contributed by atoms with Crippen molar-refractivity contribution < 1.29 is 18.0 Å². The molecule has 82 valence electrons. The van der Waals surface area contributed by atoms with E-state index >= 15 is 0 Å². The Kier molecular flexibility index (Phi) is 3.17. The van der Waals surface area contributed by atoms with Gasteiger partial charge in [0.1, 0.15) is 0 Å². The molecule has 0 spiro atoms. The van der Waals surface area contributed by atoms with Gasteiger partial charge in [0.05, 0.1) is 5.56 Å². The second-order valence-corrected chi connectivity index (χ2v) is 3.33. The largest absolute Gasteiger partial charge is 0.416 e. The predicted octanol–water partition coefficient (Wildman–Crippen LogP) is 3.47. The minimum absolute atomic E-state index is 0.113. The SMILES string of the molecule is CCc1cc(C(C)=O)cc(C(F)(F)F)c1. The van der Waals surface area contributed by atoms with Gasteiger partial charge < -0.3 is 0 Å². The topological polar surface area (TPSA) is 17.1 Å². The number of alkyl halides is 3. The third-order valence-electron chi connectivity index (χ3n) is 2.13. The zero-order valence-corrected chi connectivity index (χ0v) is 8.48. The van der Waals surface area contributed by atoms with Crippen LogP contribution in [0.25, 0.3) is 0 Å². The molecule has 0 bridgehead atoms. The molecule has 0 aromatic heterocycles. The van der Waals surface area contributed by atoms with Crippen LogP contribution >= 0.6 is 0 Å². The molecule has 1 nitrogen and oxygen atoms in total. The van der Waals surface area contributed by atoms with Crippen LogP contribution in [0.15, 0.2) is 18.2 Å². The van der Waals surface area contributed by atoms with Crippen LogP contribution in [0.5, 0.6) is 0 Å². The molecule has 4 heteroatoms. The van der Waals surface area contributed by atoms with Crippen molar-refractivity contribution in [2.45, 2.75) is 26.4 Å². The summed E-state index contributed by atoms with van der Waals surface area (Å²) in [6, 6.07) is 3.46. The molecule has 1 rings (SSSR count). The third kappa shape index (κ3) is 2.81. The summed E-state index contributed by atoms with van der Waals surface area (Å²) in [5.74, 6) is -0.351. The van der Waals surface area contributed by atoms with Crippen LogP contribution in [0, 0.1) is 0 Å². The summed E-state index contributed by atoms with van der Waals surface area (Å²) in [5.41, 5.74) is -0.122. The Morgan fingerprint density at radius 3 is 2.27 bits per heavy atom. The number of carbonyl (C=O) groups excluding carboxylic acids is 1. The maximum absolute atomic E-state index is 12.4. The summed E-state index contributed by atoms with van der Waals surface area (Å²) in [5, 5.41) is 0. The molecule has 0 heterocycles. The van der Waals surface area contributed by atoms with E-state index in [0.29, 0.717) is 12.0 Å². The molecule has 0 radical (unpaired) electrons. The number of hydrogen-bond donors (Lipinski definition) is 0. The quantitative estimate of drug-likeness (QED) is 0.692. The summed E-state index contributed by atoms with van der Waals surface area (Å²) in [6.07, 6.45) is -3.92. The van der Waals surface area contributed by atoms with E-state index in [0.717, 1.165) is 12.1 Å². The molecule has 0 saturated carbocycles. The number of aryl methyl sites for hydroxylation is 1. The van der Waals surface area contributed by atoms with Crippen LogP contribution < -0.4 is 0 Å². The zero-order valence-electron chi connectivity index (χ0n) is 8.48. The van der Waals surface area contributed by atoms with Gasteiger partial charge >= 0.3 is 6.18 Å². The molecule has 0 fully saturated rings. The number of ketones is 1.